The third kappa shape index (κ3) is 5.50. The van der Waals surface area contributed by atoms with Gasteiger partial charge in [0.15, 0.2) is 6.39 Å². The maximum Gasteiger partial charge on any atom is 0.221 e. The maximum absolute atomic E-state index is 11.4. The Labute approximate surface area is 95.6 Å². The highest BCUT2D eigenvalue weighted by atomic mass is 16.3. The molecule has 0 aromatic carbocycles. The van der Waals surface area contributed by atoms with Gasteiger partial charge in [-0.05, 0) is 20.8 Å². The number of nitrogens with one attached hydrogen (secondary N) is 2. The number of hydrogen-bond acceptors (Lipinski definition) is 4. The molecular formula is C11H19N3O2. The van der Waals surface area contributed by atoms with Crippen molar-refractivity contribution < 1.29 is 9.21 Å². The first-order valence-electron chi connectivity index (χ1n) is 5.36. The van der Waals surface area contributed by atoms with Crippen LogP contribution in [0.4, 0.5) is 0 Å². The first-order valence-corrected chi connectivity index (χ1v) is 5.36. The van der Waals surface area contributed by atoms with Crippen LogP contribution in [0.5, 0.6) is 0 Å². The number of carbonyl (C=O) groups excluding carboxylic acids is 1. The summed E-state index contributed by atoms with van der Waals surface area (Å²) in [4.78, 5) is 15.2. The zero-order valence-electron chi connectivity index (χ0n) is 10.0. The average Bonchev–Trinajstić information content (AvgIpc) is 2.62. The first kappa shape index (κ1) is 12.7. The summed E-state index contributed by atoms with van der Waals surface area (Å²) in [5, 5.41) is 6.01. The molecule has 0 unspecified atom stereocenters. The van der Waals surface area contributed by atoms with Crippen LogP contribution in [0, 0.1) is 0 Å². The number of carbonyl (C=O) groups is 1. The van der Waals surface area contributed by atoms with Crippen molar-refractivity contribution >= 4 is 5.91 Å². The summed E-state index contributed by atoms with van der Waals surface area (Å²) >= 11 is 0. The topological polar surface area (TPSA) is 67.2 Å². The van der Waals surface area contributed by atoms with Crippen molar-refractivity contribution in [3.8, 4) is 0 Å². The fraction of sp³-hybridized carbons (Fsp3) is 0.636. The molecule has 0 atom stereocenters. The summed E-state index contributed by atoms with van der Waals surface area (Å²) in [7, 11) is 0. The Morgan fingerprint density at radius 2 is 2.25 bits per heavy atom. The van der Waals surface area contributed by atoms with Crippen LogP contribution in [-0.2, 0) is 11.3 Å². The van der Waals surface area contributed by atoms with Gasteiger partial charge in [-0.3, -0.25) is 4.79 Å². The van der Waals surface area contributed by atoms with E-state index in [4.69, 9.17) is 4.42 Å². The lowest BCUT2D eigenvalue weighted by atomic mass is 10.1. The van der Waals surface area contributed by atoms with E-state index in [0.29, 0.717) is 19.5 Å². The van der Waals surface area contributed by atoms with E-state index in [1.165, 1.54) is 6.39 Å². The molecule has 0 aliphatic heterocycles. The first-order chi connectivity index (χ1) is 7.47. The van der Waals surface area contributed by atoms with E-state index in [2.05, 4.69) is 15.6 Å². The summed E-state index contributed by atoms with van der Waals surface area (Å²) in [5.41, 5.74) is -0.165. The van der Waals surface area contributed by atoms with Crippen molar-refractivity contribution in [2.75, 3.05) is 6.54 Å². The quantitative estimate of drug-likeness (QED) is 0.736. The molecular weight excluding hydrogens is 206 g/mol. The molecule has 0 radical (unpaired) electrons. The summed E-state index contributed by atoms with van der Waals surface area (Å²) in [6.07, 6.45) is 3.51. The number of aromatic nitrogens is 1. The minimum absolute atomic E-state index is 0.0533. The van der Waals surface area contributed by atoms with Gasteiger partial charge in [-0.15, -0.1) is 0 Å². The van der Waals surface area contributed by atoms with Crippen LogP contribution in [0.25, 0.3) is 0 Å². The highest BCUT2D eigenvalue weighted by Crippen LogP contribution is 1.99. The Morgan fingerprint density at radius 1 is 1.50 bits per heavy atom. The van der Waals surface area contributed by atoms with Gasteiger partial charge in [0.1, 0.15) is 5.76 Å². The van der Waals surface area contributed by atoms with E-state index < -0.39 is 0 Å². The van der Waals surface area contributed by atoms with E-state index in [0.717, 1.165) is 5.76 Å². The van der Waals surface area contributed by atoms with E-state index in [1.807, 2.05) is 20.8 Å². The van der Waals surface area contributed by atoms with Crippen LogP contribution in [0.2, 0.25) is 0 Å². The van der Waals surface area contributed by atoms with Gasteiger partial charge in [-0.2, -0.15) is 0 Å². The molecule has 1 heterocycles. The van der Waals surface area contributed by atoms with Gasteiger partial charge < -0.3 is 15.1 Å². The van der Waals surface area contributed by atoms with E-state index in [9.17, 15) is 4.79 Å². The lowest BCUT2D eigenvalue weighted by molar-refractivity contribution is -0.122. The smallest absolute Gasteiger partial charge is 0.221 e. The number of rotatable bonds is 5. The second-order valence-electron chi connectivity index (χ2n) is 4.69. The van der Waals surface area contributed by atoms with Crippen molar-refractivity contribution in [1.29, 1.82) is 0 Å². The number of oxazole rings is 1. The van der Waals surface area contributed by atoms with Crippen molar-refractivity contribution in [2.45, 2.75) is 39.3 Å². The normalized spacial score (nSPS) is 11.4. The predicted octanol–water partition coefficient (Wildman–Crippen LogP) is 1.07. The molecule has 1 amide bonds. The fourth-order valence-electron chi connectivity index (χ4n) is 1.22. The molecule has 1 aromatic heterocycles. The molecule has 16 heavy (non-hydrogen) atoms. The van der Waals surface area contributed by atoms with Crippen LogP contribution in [0.3, 0.4) is 0 Å². The Balaban J connectivity index is 2.09. The standard InChI is InChI=1S/C11H19N3O2/c1-11(2,3)14-10(15)4-5-12-6-9-7-13-8-16-9/h7-8,12H,4-6H2,1-3H3,(H,14,15). The number of amides is 1. The molecule has 0 saturated heterocycles. The molecule has 5 heteroatoms. The van der Waals surface area contributed by atoms with E-state index >= 15 is 0 Å². The molecule has 0 saturated carbocycles. The van der Waals surface area contributed by atoms with E-state index in [-0.39, 0.29) is 11.4 Å². The van der Waals surface area contributed by atoms with Gasteiger partial charge in [-0.1, -0.05) is 0 Å². The van der Waals surface area contributed by atoms with Crippen LogP contribution in [0.15, 0.2) is 17.0 Å². The molecule has 90 valence electrons. The number of nitrogens with zero attached hydrogens (tertiary/aromatic N) is 1. The Morgan fingerprint density at radius 3 is 2.81 bits per heavy atom. The zero-order chi connectivity index (χ0) is 12.0. The zero-order valence-corrected chi connectivity index (χ0v) is 10.0. The summed E-state index contributed by atoms with van der Waals surface area (Å²) in [6.45, 7) is 7.12. The minimum atomic E-state index is -0.165. The van der Waals surface area contributed by atoms with Gasteiger partial charge in [0.25, 0.3) is 0 Å². The van der Waals surface area contributed by atoms with Crippen LogP contribution >= 0.6 is 0 Å². The lowest BCUT2D eigenvalue weighted by Crippen LogP contribution is -2.41. The van der Waals surface area contributed by atoms with Gasteiger partial charge in [0, 0.05) is 18.5 Å². The molecule has 1 rings (SSSR count). The Bertz CT molecular complexity index is 314. The molecule has 0 spiro atoms. The van der Waals surface area contributed by atoms with Crippen molar-refractivity contribution in [1.82, 2.24) is 15.6 Å². The molecule has 0 bridgehead atoms. The summed E-state index contributed by atoms with van der Waals surface area (Å²) in [6, 6.07) is 0. The highest BCUT2D eigenvalue weighted by Gasteiger charge is 2.12. The summed E-state index contributed by atoms with van der Waals surface area (Å²) in [5.74, 6) is 0.828. The van der Waals surface area contributed by atoms with Gasteiger partial charge in [-0.25, -0.2) is 4.98 Å². The van der Waals surface area contributed by atoms with Gasteiger partial charge in [0.05, 0.1) is 12.7 Å². The van der Waals surface area contributed by atoms with Gasteiger partial charge in [0.2, 0.25) is 5.91 Å². The number of hydrogen-bond donors (Lipinski definition) is 2. The van der Waals surface area contributed by atoms with Crippen LogP contribution in [0.1, 0.15) is 33.0 Å². The van der Waals surface area contributed by atoms with Crippen LogP contribution in [-0.4, -0.2) is 23.0 Å². The predicted molar refractivity (Wildman–Crippen MR) is 60.7 cm³/mol. The minimum Gasteiger partial charge on any atom is -0.447 e. The molecule has 1 aromatic rings. The van der Waals surface area contributed by atoms with Crippen molar-refractivity contribution in [2.24, 2.45) is 0 Å². The SMILES string of the molecule is CC(C)(C)NC(=O)CCNCc1cnco1. The van der Waals surface area contributed by atoms with E-state index in [1.54, 1.807) is 6.20 Å². The molecule has 2 N–H and O–H groups in total. The lowest BCUT2D eigenvalue weighted by Gasteiger charge is -2.20. The Kier molecular flexibility index (Phi) is 4.49. The summed E-state index contributed by atoms with van der Waals surface area (Å²) < 4.78 is 5.05. The second-order valence-corrected chi connectivity index (χ2v) is 4.69. The molecule has 5 nitrogen and oxygen atoms in total. The third-order valence-corrected chi connectivity index (χ3v) is 1.83. The van der Waals surface area contributed by atoms with Gasteiger partial charge >= 0.3 is 0 Å². The largest absolute Gasteiger partial charge is 0.447 e. The Hall–Kier alpha value is -1.36. The van der Waals surface area contributed by atoms with Crippen molar-refractivity contribution in [3.05, 3.63) is 18.4 Å². The maximum atomic E-state index is 11.4. The average molecular weight is 225 g/mol. The van der Waals surface area contributed by atoms with Crippen LogP contribution < -0.4 is 10.6 Å². The molecule has 0 aliphatic carbocycles. The monoisotopic (exact) mass is 225 g/mol. The highest BCUT2D eigenvalue weighted by molar-refractivity contribution is 5.76. The fourth-order valence-corrected chi connectivity index (χ4v) is 1.22. The second kappa shape index (κ2) is 5.65. The van der Waals surface area contributed by atoms with Crippen molar-refractivity contribution in [3.63, 3.8) is 0 Å². The molecule has 0 aliphatic rings. The molecule has 0 fully saturated rings. The third-order valence-electron chi connectivity index (χ3n) is 1.83.